The molecular formula is C15H18ClNO2. The van der Waals surface area contributed by atoms with Crippen molar-refractivity contribution in [3.05, 3.63) is 60.2 Å². The normalized spacial score (nSPS) is 11.3. The van der Waals surface area contributed by atoms with Crippen LogP contribution in [-0.2, 0) is 0 Å². The van der Waals surface area contributed by atoms with Crippen LogP contribution in [0.3, 0.4) is 0 Å². The molecule has 2 aromatic rings. The Hall–Kier alpha value is -1.71. The molecule has 2 rings (SSSR count). The molecule has 0 amide bonds. The van der Waals surface area contributed by atoms with Crippen LogP contribution in [0.5, 0.6) is 11.5 Å². The Labute approximate surface area is 119 Å². The molecule has 0 fully saturated rings. The molecule has 0 bridgehead atoms. The fraction of sp³-hybridized carbons (Fsp3) is 0.200. The van der Waals surface area contributed by atoms with Crippen LogP contribution >= 0.6 is 12.4 Å². The van der Waals surface area contributed by atoms with E-state index in [1.54, 1.807) is 7.11 Å². The zero-order valence-electron chi connectivity index (χ0n) is 10.8. The number of hydrogen-bond acceptors (Lipinski definition) is 3. The third-order valence-corrected chi connectivity index (χ3v) is 2.72. The predicted octanol–water partition coefficient (Wildman–Crippen LogP) is 3.20. The predicted molar refractivity (Wildman–Crippen MR) is 79.1 cm³/mol. The molecule has 1 atom stereocenters. The van der Waals surface area contributed by atoms with E-state index in [2.05, 4.69) is 0 Å². The molecule has 0 aliphatic rings. The Morgan fingerprint density at radius 2 is 1.53 bits per heavy atom. The van der Waals surface area contributed by atoms with Gasteiger partial charge in [-0.25, -0.2) is 0 Å². The highest BCUT2D eigenvalue weighted by molar-refractivity contribution is 5.85. The van der Waals surface area contributed by atoms with Gasteiger partial charge in [0, 0.05) is 0 Å². The Morgan fingerprint density at radius 3 is 2.16 bits per heavy atom. The minimum Gasteiger partial charge on any atom is -0.493 e. The third-order valence-electron chi connectivity index (χ3n) is 2.72. The molecule has 3 nitrogen and oxygen atoms in total. The van der Waals surface area contributed by atoms with Gasteiger partial charge >= 0.3 is 0 Å². The summed E-state index contributed by atoms with van der Waals surface area (Å²) in [4.78, 5) is 0. The first-order valence-electron chi connectivity index (χ1n) is 5.87. The van der Waals surface area contributed by atoms with Crippen LogP contribution in [0.2, 0.25) is 0 Å². The molecule has 0 aliphatic carbocycles. The second-order valence-electron chi connectivity index (χ2n) is 3.98. The van der Waals surface area contributed by atoms with Crippen LogP contribution < -0.4 is 15.2 Å². The van der Waals surface area contributed by atoms with Crippen LogP contribution in [0.15, 0.2) is 54.6 Å². The summed E-state index contributed by atoms with van der Waals surface area (Å²) in [5.74, 6) is 1.43. The molecular weight excluding hydrogens is 262 g/mol. The summed E-state index contributed by atoms with van der Waals surface area (Å²) < 4.78 is 10.9. The van der Waals surface area contributed by atoms with E-state index in [-0.39, 0.29) is 18.4 Å². The second-order valence-corrected chi connectivity index (χ2v) is 3.98. The van der Waals surface area contributed by atoms with Gasteiger partial charge in [0.15, 0.2) is 11.5 Å². The summed E-state index contributed by atoms with van der Waals surface area (Å²) in [6.07, 6.45) is 0. The molecule has 4 heteroatoms. The van der Waals surface area contributed by atoms with Crippen molar-refractivity contribution in [3.63, 3.8) is 0 Å². The van der Waals surface area contributed by atoms with Gasteiger partial charge in [-0.3, -0.25) is 0 Å². The maximum atomic E-state index is 6.07. The molecule has 0 aliphatic heterocycles. The van der Waals surface area contributed by atoms with Gasteiger partial charge in [-0.05, 0) is 17.7 Å². The zero-order chi connectivity index (χ0) is 12.8. The van der Waals surface area contributed by atoms with E-state index in [9.17, 15) is 0 Å². The van der Waals surface area contributed by atoms with E-state index in [4.69, 9.17) is 15.2 Å². The lowest BCUT2D eigenvalue weighted by Crippen LogP contribution is -2.19. The molecule has 1 unspecified atom stereocenters. The van der Waals surface area contributed by atoms with E-state index in [1.165, 1.54) is 0 Å². The standard InChI is InChI=1S/C15H17NO2.ClH/c1-17-14-9-5-6-10-15(14)18-11-13(16)12-7-3-2-4-8-12;/h2-10,13H,11,16H2,1H3;1H. The Balaban J connectivity index is 0.00000180. The highest BCUT2D eigenvalue weighted by Crippen LogP contribution is 2.26. The zero-order valence-corrected chi connectivity index (χ0v) is 11.6. The molecule has 0 aromatic heterocycles. The van der Waals surface area contributed by atoms with E-state index in [1.807, 2.05) is 54.6 Å². The van der Waals surface area contributed by atoms with Crippen molar-refractivity contribution in [1.82, 2.24) is 0 Å². The first kappa shape index (κ1) is 15.3. The Bertz CT molecular complexity index is 491. The van der Waals surface area contributed by atoms with Gasteiger partial charge in [0.25, 0.3) is 0 Å². The van der Waals surface area contributed by atoms with Gasteiger partial charge in [0.05, 0.1) is 13.2 Å². The van der Waals surface area contributed by atoms with Gasteiger partial charge in [0.1, 0.15) is 6.61 Å². The third kappa shape index (κ3) is 4.16. The van der Waals surface area contributed by atoms with Crippen molar-refractivity contribution in [2.24, 2.45) is 5.73 Å². The number of ether oxygens (including phenoxy) is 2. The molecule has 0 spiro atoms. The van der Waals surface area contributed by atoms with Crippen LogP contribution in [0, 0.1) is 0 Å². The minimum absolute atomic E-state index is 0. The van der Waals surface area contributed by atoms with Crippen molar-refractivity contribution in [3.8, 4) is 11.5 Å². The van der Waals surface area contributed by atoms with Crippen LogP contribution in [0.1, 0.15) is 11.6 Å². The number of nitrogens with two attached hydrogens (primary N) is 1. The van der Waals surface area contributed by atoms with E-state index in [0.717, 1.165) is 11.3 Å². The van der Waals surface area contributed by atoms with Crippen molar-refractivity contribution < 1.29 is 9.47 Å². The van der Waals surface area contributed by atoms with E-state index in [0.29, 0.717) is 12.4 Å². The first-order chi connectivity index (χ1) is 8.81. The van der Waals surface area contributed by atoms with Crippen molar-refractivity contribution in [2.45, 2.75) is 6.04 Å². The summed E-state index contributed by atoms with van der Waals surface area (Å²) in [7, 11) is 1.62. The smallest absolute Gasteiger partial charge is 0.161 e. The van der Waals surface area contributed by atoms with Crippen molar-refractivity contribution in [2.75, 3.05) is 13.7 Å². The largest absolute Gasteiger partial charge is 0.493 e. The summed E-state index contributed by atoms with van der Waals surface area (Å²) in [6.45, 7) is 0.421. The van der Waals surface area contributed by atoms with Crippen molar-refractivity contribution >= 4 is 12.4 Å². The molecule has 0 saturated carbocycles. The van der Waals surface area contributed by atoms with Gasteiger partial charge in [0.2, 0.25) is 0 Å². The van der Waals surface area contributed by atoms with Gasteiger partial charge in [-0.2, -0.15) is 0 Å². The number of para-hydroxylation sites is 2. The maximum absolute atomic E-state index is 6.07. The summed E-state index contributed by atoms with van der Waals surface area (Å²) in [5.41, 5.74) is 7.13. The fourth-order valence-corrected chi connectivity index (χ4v) is 1.71. The average molecular weight is 280 g/mol. The molecule has 2 aromatic carbocycles. The lowest BCUT2D eigenvalue weighted by atomic mass is 10.1. The number of methoxy groups -OCH3 is 1. The van der Waals surface area contributed by atoms with Gasteiger partial charge < -0.3 is 15.2 Å². The lowest BCUT2D eigenvalue weighted by molar-refractivity contribution is 0.273. The lowest BCUT2D eigenvalue weighted by Gasteiger charge is -2.15. The molecule has 0 saturated heterocycles. The highest BCUT2D eigenvalue weighted by Gasteiger charge is 2.08. The minimum atomic E-state index is -0.142. The van der Waals surface area contributed by atoms with Crippen LogP contribution in [0.25, 0.3) is 0 Å². The molecule has 102 valence electrons. The van der Waals surface area contributed by atoms with Gasteiger partial charge in [-0.1, -0.05) is 42.5 Å². The van der Waals surface area contributed by atoms with E-state index >= 15 is 0 Å². The highest BCUT2D eigenvalue weighted by atomic mass is 35.5. The Kier molecular flexibility index (Phi) is 6.19. The Morgan fingerprint density at radius 1 is 0.947 bits per heavy atom. The topological polar surface area (TPSA) is 44.5 Å². The number of benzene rings is 2. The van der Waals surface area contributed by atoms with Crippen LogP contribution in [-0.4, -0.2) is 13.7 Å². The first-order valence-corrected chi connectivity index (χ1v) is 5.87. The summed E-state index contributed by atoms with van der Waals surface area (Å²) >= 11 is 0. The maximum Gasteiger partial charge on any atom is 0.161 e. The quantitative estimate of drug-likeness (QED) is 0.914. The average Bonchev–Trinajstić information content (AvgIpc) is 2.46. The monoisotopic (exact) mass is 279 g/mol. The summed E-state index contributed by atoms with van der Waals surface area (Å²) in [6, 6.07) is 17.3. The summed E-state index contributed by atoms with van der Waals surface area (Å²) in [5, 5.41) is 0. The molecule has 2 N–H and O–H groups in total. The second kappa shape index (κ2) is 7.67. The van der Waals surface area contributed by atoms with Gasteiger partial charge in [-0.15, -0.1) is 12.4 Å². The molecule has 19 heavy (non-hydrogen) atoms. The fourth-order valence-electron chi connectivity index (χ4n) is 1.71. The molecule has 0 heterocycles. The molecule has 0 radical (unpaired) electrons. The van der Waals surface area contributed by atoms with E-state index < -0.39 is 0 Å². The van der Waals surface area contributed by atoms with Crippen molar-refractivity contribution in [1.29, 1.82) is 0 Å². The number of rotatable bonds is 5. The number of hydrogen-bond donors (Lipinski definition) is 1. The number of halogens is 1. The SMILES string of the molecule is COc1ccccc1OCC(N)c1ccccc1.Cl. The van der Waals surface area contributed by atoms with Crippen LogP contribution in [0.4, 0.5) is 0 Å².